The van der Waals surface area contributed by atoms with Gasteiger partial charge in [0.2, 0.25) is 11.8 Å². The minimum Gasteiger partial charge on any atom is -0.327 e. The number of nitrogens with zero attached hydrogens (tertiary/aromatic N) is 1. The highest BCUT2D eigenvalue weighted by molar-refractivity contribution is 6.23. The van der Waals surface area contributed by atoms with Gasteiger partial charge in [0.25, 0.3) is 11.8 Å². The van der Waals surface area contributed by atoms with Crippen molar-refractivity contribution in [3.05, 3.63) is 34.9 Å². The first-order valence-electron chi connectivity index (χ1n) is 8.76. The highest BCUT2D eigenvalue weighted by Gasteiger charge is 2.44. The number of piperidine rings is 1. The lowest BCUT2D eigenvalue weighted by molar-refractivity contribution is -0.136. The van der Waals surface area contributed by atoms with Gasteiger partial charge in [0.05, 0.1) is 11.1 Å². The Morgan fingerprint density at radius 2 is 1.88 bits per heavy atom. The minimum absolute atomic E-state index is 0.113. The number of carbonyl (C=O) groups is 4. The van der Waals surface area contributed by atoms with Gasteiger partial charge in [-0.05, 0) is 43.0 Å². The van der Waals surface area contributed by atoms with Crippen LogP contribution in [0.2, 0.25) is 0 Å². The fourth-order valence-corrected chi connectivity index (χ4v) is 3.54. The number of nitrogens with two attached hydrogens (primary N) is 1. The average Bonchev–Trinajstić information content (AvgIpc) is 3.25. The Bertz CT molecular complexity index is 821. The maximum absolute atomic E-state index is 12.7. The number of rotatable bonds is 5. The minimum atomic E-state index is -0.932. The molecule has 4 amide bonds. The van der Waals surface area contributed by atoms with Crippen LogP contribution in [0.4, 0.5) is 0 Å². The fraction of sp³-hybridized carbons (Fsp3) is 0.444. The predicted molar refractivity (Wildman–Crippen MR) is 90.9 cm³/mol. The van der Waals surface area contributed by atoms with Crippen LogP contribution in [0.15, 0.2) is 18.2 Å². The van der Waals surface area contributed by atoms with E-state index in [0.717, 1.165) is 23.4 Å². The maximum atomic E-state index is 12.7. The first kappa shape index (κ1) is 16.9. The van der Waals surface area contributed by atoms with Gasteiger partial charge in [-0.2, -0.15) is 0 Å². The molecule has 2 heterocycles. The highest BCUT2D eigenvalue weighted by Crippen LogP contribution is 2.29. The zero-order valence-electron chi connectivity index (χ0n) is 14.2. The Kier molecular flexibility index (Phi) is 4.08. The average molecular weight is 356 g/mol. The summed E-state index contributed by atoms with van der Waals surface area (Å²) < 4.78 is 0. The van der Waals surface area contributed by atoms with Crippen LogP contribution in [-0.4, -0.2) is 47.2 Å². The van der Waals surface area contributed by atoms with E-state index in [-0.39, 0.29) is 24.8 Å². The summed E-state index contributed by atoms with van der Waals surface area (Å²) >= 11 is 0. The Morgan fingerprint density at radius 1 is 1.15 bits per heavy atom. The van der Waals surface area contributed by atoms with Crippen LogP contribution in [-0.2, 0) is 16.1 Å². The van der Waals surface area contributed by atoms with Crippen LogP contribution in [0.3, 0.4) is 0 Å². The Morgan fingerprint density at radius 3 is 2.58 bits per heavy atom. The first-order chi connectivity index (χ1) is 12.5. The molecule has 1 aliphatic carbocycles. The van der Waals surface area contributed by atoms with Gasteiger partial charge < -0.3 is 11.1 Å². The van der Waals surface area contributed by atoms with E-state index in [1.165, 1.54) is 0 Å². The van der Waals surface area contributed by atoms with Crippen molar-refractivity contribution in [2.75, 3.05) is 6.54 Å². The molecule has 1 saturated heterocycles. The summed E-state index contributed by atoms with van der Waals surface area (Å²) in [5.74, 6) is -1.44. The molecule has 8 heteroatoms. The van der Waals surface area contributed by atoms with Crippen molar-refractivity contribution in [1.82, 2.24) is 15.5 Å². The zero-order chi connectivity index (χ0) is 18.4. The molecule has 0 bridgehead atoms. The Hall–Kier alpha value is -2.58. The Labute approximate surface area is 150 Å². The van der Waals surface area contributed by atoms with E-state index >= 15 is 0 Å². The molecule has 1 saturated carbocycles. The molecule has 2 fully saturated rings. The van der Waals surface area contributed by atoms with Crippen LogP contribution in [0, 0.1) is 5.92 Å². The van der Waals surface area contributed by atoms with E-state index in [4.69, 9.17) is 5.73 Å². The molecule has 136 valence electrons. The van der Waals surface area contributed by atoms with E-state index < -0.39 is 23.8 Å². The summed E-state index contributed by atoms with van der Waals surface area (Å²) in [7, 11) is 0. The fourth-order valence-electron chi connectivity index (χ4n) is 3.54. The molecule has 0 aromatic heterocycles. The monoisotopic (exact) mass is 356 g/mol. The molecule has 2 aliphatic heterocycles. The van der Waals surface area contributed by atoms with Gasteiger partial charge in [-0.15, -0.1) is 0 Å². The van der Waals surface area contributed by atoms with Gasteiger partial charge in [-0.3, -0.25) is 29.4 Å². The summed E-state index contributed by atoms with van der Waals surface area (Å²) in [5, 5.41) is 5.50. The second-order valence-electron chi connectivity index (χ2n) is 7.12. The molecule has 1 aromatic carbocycles. The molecule has 3 aliphatic rings. The van der Waals surface area contributed by atoms with Crippen molar-refractivity contribution in [3.63, 3.8) is 0 Å². The van der Waals surface area contributed by atoms with Gasteiger partial charge in [0.15, 0.2) is 0 Å². The smallest absolute Gasteiger partial charge is 0.262 e. The number of carbonyl (C=O) groups excluding carboxylic acids is 4. The predicted octanol–water partition coefficient (Wildman–Crippen LogP) is -0.475. The van der Waals surface area contributed by atoms with Crippen molar-refractivity contribution in [1.29, 1.82) is 0 Å². The lowest BCUT2D eigenvalue weighted by atomic mass is 10.0. The topological polar surface area (TPSA) is 122 Å². The van der Waals surface area contributed by atoms with E-state index in [2.05, 4.69) is 10.6 Å². The maximum Gasteiger partial charge on any atom is 0.262 e. The van der Waals surface area contributed by atoms with Gasteiger partial charge in [-0.1, -0.05) is 6.07 Å². The molecule has 26 heavy (non-hydrogen) atoms. The number of benzene rings is 1. The number of hydrogen-bond donors (Lipinski definition) is 3. The van der Waals surface area contributed by atoms with Crippen LogP contribution in [0.1, 0.15) is 45.5 Å². The quantitative estimate of drug-likeness (QED) is 0.613. The summed E-state index contributed by atoms with van der Waals surface area (Å²) in [6, 6.07) is 4.47. The van der Waals surface area contributed by atoms with Crippen LogP contribution < -0.4 is 16.4 Å². The molecule has 1 unspecified atom stereocenters. The number of imide groups is 2. The summed E-state index contributed by atoms with van der Waals surface area (Å²) in [6.07, 6.45) is 1.31. The third-order valence-electron chi connectivity index (χ3n) is 5.22. The van der Waals surface area contributed by atoms with Gasteiger partial charge >= 0.3 is 0 Å². The second-order valence-corrected chi connectivity index (χ2v) is 7.12. The van der Waals surface area contributed by atoms with Crippen LogP contribution in [0.5, 0.6) is 0 Å². The van der Waals surface area contributed by atoms with Gasteiger partial charge in [-0.25, -0.2) is 0 Å². The SMILES string of the molecule is N[C@@H]1C[C@@H]1CNCc1ccc2c(c1)C(=O)N(C1CCC(=O)NC1=O)C2=O. The van der Waals surface area contributed by atoms with E-state index in [9.17, 15) is 19.2 Å². The molecule has 1 aromatic rings. The normalized spacial score (nSPS) is 27.6. The van der Waals surface area contributed by atoms with E-state index in [1.54, 1.807) is 18.2 Å². The molecular weight excluding hydrogens is 336 g/mol. The molecular formula is C18H20N4O4. The molecule has 0 spiro atoms. The lowest BCUT2D eigenvalue weighted by Gasteiger charge is -2.27. The lowest BCUT2D eigenvalue weighted by Crippen LogP contribution is -2.54. The van der Waals surface area contributed by atoms with Gasteiger partial charge in [0, 0.05) is 19.0 Å². The number of nitrogens with one attached hydrogen (secondary N) is 2. The summed E-state index contributed by atoms with van der Waals surface area (Å²) in [4.78, 5) is 49.6. The van der Waals surface area contributed by atoms with Crippen molar-refractivity contribution in [2.24, 2.45) is 11.7 Å². The van der Waals surface area contributed by atoms with Crippen molar-refractivity contribution in [2.45, 2.75) is 37.9 Å². The molecule has 4 N–H and O–H groups in total. The first-order valence-corrected chi connectivity index (χ1v) is 8.76. The number of hydrogen-bond acceptors (Lipinski definition) is 6. The zero-order valence-corrected chi connectivity index (χ0v) is 14.2. The third kappa shape index (κ3) is 2.91. The molecule has 4 rings (SSSR count). The van der Waals surface area contributed by atoms with Crippen molar-refractivity contribution in [3.8, 4) is 0 Å². The Balaban J connectivity index is 1.48. The summed E-state index contributed by atoms with van der Waals surface area (Å²) in [5.41, 5.74) is 7.28. The molecule has 8 nitrogen and oxygen atoms in total. The standard InChI is InChI=1S/C18H20N4O4/c19-13-6-10(13)8-20-7-9-1-2-11-12(5-9)18(26)22(17(11)25)14-3-4-15(23)21-16(14)24/h1-2,5,10,13-14,20H,3-4,6-8,19H2,(H,21,23,24)/t10-,13-,14?/m1/s1. The van der Waals surface area contributed by atoms with Crippen LogP contribution in [0.25, 0.3) is 0 Å². The third-order valence-corrected chi connectivity index (χ3v) is 5.22. The largest absolute Gasteiger partial charge is 0.327 e. The van der Waals surface area contributed by atoms with E-state index in [0.29, 0.717) is 23.6 Å². The summed E-state index contributed by atoms with van der Waals surface area (Å²) in [6.45, 7) is 1.41. The second kappa shape index (κ2) is 6.30. The van der Waals surface area contributed by atoms with Gasteiger partial charge in [0.1, 0.15) is 6.04 Å². The number of amides is 4. The number of fused-ring (bicyclic) bond motifs is 1. The highest BCUT2D eigenvalue weighted by atomic mass is 16.2. The van der Waals surface area contributed by atoms with Crippen molar-refractivity contribution < 1.29 is 19.2 Å². The van der Waals surface area contributed by atoms with Crippen molar-refractivity contribution >= 4 is 23.6 Å². The molecule has 3 atom stereocenters. The van der Waals surface area contributed by atoms with E-state index in [1.807, 2.05) is 0 Å². The molecule has 0 radical (unpaired) electrons. The van der Waals surface area contributed by atoms with Crippen LogP contribution >= 0.6 is 0 Å².